The molecule has 3 rings (SSSR count). The highest BCUT2D eigenvalue weighted by molar-refractivity contribution is 5.85. The second-order valence-electron chi connectivity index (χ2n) is 5.82. The standard InChI is InChI=1S/C19H21NO3/c21-18(23-17-12-7-13-20-14-17)19(22,15-8-3-1-4-9-15)16-10-5-2-6-11-16/h1-6,8-11,17,20,22H,7,12-14H2/t17-/m1/s1. The van der Waals surface area contributed by atoms with E-state index in [2.05, 4.69) is 5.32 Å². The maximum atomic E-state index is 12.8. The van der Waals surface area contributed by atoms with Crippen LogP contribution in [0.25, 0.3) is 0 Å². The number of carbonyl (C=O) groups is 1. The predicted molar refractivity (Wildman–Crippen MR) is 87.9 cm³/mol. The van der Waals surface area contributed by atoms with Gasteiger partial charge in [-0.2, -0.15) is 0 Å². The highest BCUT2D eigenvalue weighted by Gasteiger charge is 2.42. The maximum Gasteiger partial charge on any atom is 0.348 e. The van der Waals surface area contributed by atoms with E-state index in [1.54, 1.807) is 48.5 Å². The molecule has 1 fully saturated rings. The van der Waals surface area contributed by atoms with E-state index in [0.29, 0.717) is 17.7 Å². The van der Waals surface area contributed by atoms with E-state index in [-0.39, 0.29) is 6.10 Å². The molecule has 2 aromatic rings. The number of piperidine rings is 1. The van der Waals surface area contributed by atoms with Gasteiger partial charge in [0.05, 0.1) is 0 Å². The summed E-state index contributed by atoms with van der Waals surface area (Å²) in [5, 5.41) is 14.5. The van der Waals surface area contributed by atoms with Crippen LogP contribution in [0.1, 0.15) is 24.0 Å². The zero-order valence-corrected chi connectivity index (χ0v) is 12.9. The Bertz CT molecular complexity index is 597. The molecule has 0 aromatic heterocycles. The minimum Gasteiger partial charge on any atom is -0.458 e. The summed E-state index contributed by atoms with van der Waals surface area (Å²) in [4.78, 5) is 12.8. The Morgan fingerprint density at radius 1 is 1.04 bits per heavy atom. The smallest absolute Gasteiger partial charge is 0.348 e. The van der Waals surface area contributed by atoms with E-state index in [1.165, 1.54) is 0 Å². The van der Waals surface area contributed by atoms with Crippen LogP contribution in [0, 0.1) is 0 Å². The van der Waals surface area contributed by atoms with E-state index in [9.17, 15) is 9.90 Å². The van der Waals surface area contributed by atoms with Crippen molar-refractivity contribution >= 4 is 5.97 Å². The lowest BCUT2D eigenvalue weighted by Crippen LogP contribution is -2.44. The molecular weight excluding hydrogens is 290 g/mol. The Kier molecular flexibility index (Phi) is 4.74. The minimum absolute atomic E-state index is 0.199. The fourth-order valence-electron chi connectivity index (χ4n) is 2.92. The topological polar surface area (TPSA) is 58.6 Å². The SMILES string of the molecule is O=C(O[C@@H]1CCCNC1)C(O)(c1ccccc1)c1ccccc1. The molecule has 120 valence electrons. The number of esters is 1. The van der Waals surface area contributed by atoms with Gasteiger partial charge in [0.1, 0.15) is 6.10 Å². The number of aliphatic hydroxyl groups is 1. The van der Waals surface area contributed by atoms with Crippen LogP contribution < -0.4 is 5.32 Å². The lowest BCUT2D eigenvalue weighted by Gasteiger charge is -2.31. The molecule has 1 aliphatic rings. The zero-order valence-electron chi connectivity index (χ0n) is 12.9. The maximum absolute atomic E-state index is 12.8. The molecule has 4 nitrogen and oxygen atoms in total. The molecular formula is C19H21NO3. The lowest BCUT2D eigenvalue weighted by atomic mass is 9.86. The van der Waals surface area contributed by atoms with Gasteiger partial charge in [-0.25, -0.2) is 4.79 Å². The molecule has 0 aliphatic carbocycles. The van der Waals surface area contributed by atoms with Gasteiger partial charge >= 0.3 is 5.97 Å². The average molecular weight is 311 g/mol. The van der Waals surface area contributed by atoms with E-state index in [4.69, 9.17) is 4.74 Å². The van der Waals surface area contributed by atoms with Crippen molar-refractivity contribution in [3.63, 3.8) is 0 Å². The van der Waals surface area contributed by atoms with E-state index in [1.807, 2.05) is 12.1 Å². The van der Waals surface area contributed by atoms with Gasteiger partial charge in [-0.05, 0) is 30.5 Å². The van der Waals surface area contributed by atoms with Crippen LogP contribution in [-0.4, -0.2) is 30.3 Å². The molecule has 0 unspecified atom stereocenters. The monoisotopic (exact) mass is 311 g/mol. The third-order valence-electron chi connectivity index (χ3n) is 4.20. The van der Waals surface area contributed by atoms with Crippen molar-refractivity contribution in [2.45, 2.75) is 24.5 Å². The normalized spacial score (nSPS) is 18.4. The molecule has 1 heterocycles. The number of hydrogen-bond donors (Lipinski definition) is 2. The van der Waals surface area contributed by atoms with Crippen LogP contribution in [0.4, 0.5) is 0 Å². The first-order valence-electron chi connectivity index (χ1n) is 7.96. The average Bonchev–Trinajstić information content (AvgIpc) is 2.63. The Balaban J connectivity index is 1.93. The van der Waals surface area contributed by atoms with E-state index < -0.39 is 11.6 Å². The summed E-state index contributed by atoms with van der Waals surface area (Å²) in [6.07, 6.45) is 1.58. The number of hydrogen-bond acceptors (Lipinski definition) is 4. The van der Waals surface area contributed by atoms with Crippen LogP contribution in [-0.2, 0) is 15.1 Å². The van der Waals surface area contributed by atoms with Crippen molar-refractivity contribution in [2.24, 2.45) is 0 Å². The van der Waals surface area contributed by atoms with E-state index in [0.717, 1.165) is 19.4 Å². The molecule has 1 atom stereocenters. The number of benzene rings is 2. The van der Waals surface area contributed by atoms with Gasteiger partial charge < -0.3 is 15.2 Å². The second-order valence-corrected chi connectivity index (χ2v) is 5.82. The second kappa shape index (κ2) is 6.94. The molecule has 0 bridgehead atoms. The summed E-state index contributed by atoms with van der Waals surface area (Å²) < 4.78 is 5.61. The van der Waals surface area contributed by atoms with Crippen LogP contribution in [0.3, 0.4) is 0 Å². The minimum atomic E-state index is -1.79. The summed E-state index contributed by atoms with van der Waals surface area (Å²) in [5.41, 5.74) is -0.764. The van der Waals surface area contributed by atoms with Crippen molar-refractivity contribution in [3.05, 3.63) is 71.8 Å². The molecule has 1 saturated heterocycles. The van der Waals surface area contributed by atoms with Crippen LogP contribution >= 0.6 is 0 Å². The van der Waals surface area contributed by atoms with E-state index >= 15 is 0 Å². The van der Waals surface area contributed by atoms with Gasteiger partial charge in [0.25, 0.3) is 0 Å². The molecule has 2 N–H and O–H groups in total. The largest absolute Gasteiger partial charge is 0.458 e. The number of ether oxygens (including phenoxy) is 1. The van der Waals surface area contributed by atoms with Gasteiger partial charge in [0, 0.05) is 6.54 Å². The van der Waals surface area contributed by atoms with Gasteiger partial charge in [0.2, 0.25) is 5.60 Å². The van der Waals surface area contributed by atoms with Gasteiger partial charge in [-0.15, -0.1) is 0 Å². The third-order valence-corrected chi connectivity index (χ3v) is 4.20. The summed E-state index contributed by atoms with van der Waals surface area (Å²) in [6.45, 7) is 1.57. The Hall–Kier alpha value is -2.17. The van der Waals surface area contributed by atoms with Gasteiger partial charge in [-0.1, -0.05) is 60.7 Å². The zero-order chi connectivity index (χ0) is 16.1. The van der Waals surface area contributed by atoms with Crippen LogP contribution in [0.2, 0.25) is 0 Å². The van der Waals surface area contributed by atoms with Crippen molar-refractivity contribution in [3.8, 4) is 0 Å². The highest BCUT2D eigenvalue weighted by Crippen LogP contribution is 2.31. The summed E-state index contributed by atoms with van der Waals surface area (Å²) in [6, 6.07) is 17.9. The van der Waals surface area contributed by atoms with Gasteiger partial charge in [0.15, 0.2) is 0 Å². The highest BCUT2D eigenvalue weighted by atomic mass is 16.6. The first-order valence-corrected chi connectivity index (χ1v) is 7.96. The quantitative estimate of drug-likeness (QED) is 0.850. The van der Waals surface area contributed by atoms with Gasteiger partial charge in [-0.3, -0.25) is 0 Å². The fourth-order valence-corrected chi connectivity index (χ4v) is 2.92. The first kappa shape index (κ1) is 15.7. The van der Waals surface area contributed by atoms with Crippen molar-refractivity contribution in [1.29, 1.82) is 0 Å². The van der Waals surface area contributed by atoms with Crippen molar-refractivity contribution in [1.82, 2.24) is 5.32 Å². The molecule has 0 spiro atoms. The Labute approximate surface area is 136 Å². The number of carbonyl (C=O) groups excluding carboxylic acids is 1. The van der Waals surface area contributed by atoms with Crippen LogP contribution in [0.5, 0.6) is 0 Å². The lowest BCUT2D eigenvalue weighted by molar-refractivity contribution is -0.168. The predicted octanol–water partition coefficient (Wildman–Crippen LogP) is 2.22. The summed E-state index contributed by atoms with van der Waals surface area (Å²) in [7, 11) is 0. The molecule has 0 amide bonds. The Morgan fingerprint density at radius 3 is 2.09 bits per heavy atom. The number of nitrogens with one attached hydrogen (secondary N) is 1. The first-order chi connectivity index (χ1) is 11.2. The Morgan fingerprint density at radius 2 is 1.61 bits per heavy atom. The number of rotatable bonds is 4. The summed E-state index contributed by atoms with van der Waals surface area (Å²) in [5.74, 6) is -0.622. The molecule has 0 radical (unpaired) electrons. The van der Waals surface area contributed by atoms with Crippen molar-refractivity contribution < 1.29 is 14.6 Å². The molecule has 2 aromatic carbocycles. The molecule has 4 heteroatoms. The third kappa shape index (κ3) is 3.28. The van der Waals surface area contributed by atoms with Crippen molar-refractivity contribution in [2.75, 3.05) is 13.1 Å². The molecule has 0 saturated carbocycles. The molecule has 1 aliphatic heterocycles. The molecule has 23 heavy (non-hydrogen) atoms. The fraction of sp³-hybridized carbons (Fsp3) is 0.316. The summed E-state index contributed by atoms with van der Waals surface area (Å²) >= 11 is 0. The van der Waals surface area contributed by atoms with Crippen LogP contribution in [0.15, 0.2) is 60.7 Å².